The summed E-state index contributed by atoms with van der Waals surface area (Å²) in [4.78, 5) is 2.60. The zero-order valence-corrected chi connectivity index (χ0v) is 12.9. The lowest BCUT2D eigenvalue weighted by Crippen LogP contribution is -2.62. The summed E-state index contributed by atoms with van der Waals surface area (Å²) in [5.74, 6) is 0.557. The summed E-state index contributed by atoms with van der Waals surface area (Å²) in [5, 5.41) is 0. The lowest BCUT2D eigenvalue weighted by molar-refractivity contribution is -0.0116. The van der Waals surface area contributed by atoms with Crippen molar-refractivity contribution in [2.24, 2.45) is 0 Å². The van der Waals surface area contributed by atoms with Crippen molar-refractivity contribution in [2.45, 2.75) is 10.9 Å². The van der Waals surface area contributed by atoms with Crippen LogP contribution in [-0.4, -0.2) is 70.2 Å². The van der Waals surface area contributed by atoms with E-state index in [2.05, 4.69) is 4.90 Å². The maximum atomic E-state index is 12.5. The molecule has 6 nitrogen and oxygen atoms in total. The van der Waals surface area contributed by atoms with Crippen molar-refractivity contribution < 1.29 is 17.9 Å². The number of hydrogen-bond acceptors (Lipinski definition) is 5. The van der Waals surface area contributed by atoms with E-state index < -0.39 is 10.0 Å². The molecule has 7 heteroatoms. The summed E-state index contributed by atoms with van der Waals surface area (Å²) in [6.45, 7) is 4.35. The van der Waals surface area contributed by atoms with Crippen molar-refractivity contribution in [3.63, 3.8) is 0 Å². The molecule has 2 saturated heterocycles. The van der Waals surface area contributed by atoms with Crippen LogP contribution in [0.25, 0.3) is 0 Å². The van der Waals surface area contributed by atoms with Crippen LogP contribution in [0.3, 0.4) is 0 Å². The Hall–Kier alpha value is -1.15. The minimum atomic E-state index is -3.41. The van der Waals surface area contributed by atoms with Gasteiger partial charge in [0.1, 0.15) is 5.75 Å². The Morgan fingerprint density at radius 1 is 1.24 bits per heavy atom. The van der Waals surface area contributed by atoms with Gasteiger partial charge in [-0.25, -0.2) is 8.42 Å². The van der Waals surface area contributed by atoms with Gasteiger partial charge in [-0.2, -0.15) is 4.31 Å². The fourth-order valence-electron chi connectivity index (χ4n) is 2.70. The fraction of sp³-hybridized carbons (Fsp3) is 0.571. The van der Waals surface area contributed by atoms with Gasteiger partial charge in [0, 0.05) is 38.3 Å². The number of benzene rings is 1. The van der Waals surface area contributed by atoms with Crippen molar-refractivity contribution >= 4 is 10.0 Å². The Bertz CT molecular complexity index is 593. The fourth-order valence-corrected chi connectivity index (χ4v) is 4.25. The van der Waals surface area contributed by atoms with Crippen molar-refractivity contribution in [3.05, 3.63) is 24.3 Å². The predicted molar refractivity (Wildman–Crippen MR) is 77.9 cm³/mol. The second kappa shape index (κ2) is 5.92. The molecule has 2 heterocycles. The molecule has 0 bridgehead atoms. The normalized spacial score (nSPS) is 22.0. The SMILES string of the molecule is COc1cccc(S(=O)(=O)N2CC(N3CCOCC3)C2)c1. The van der Waals surface area contributed by atoms with Gasteiger partial charge in [0.05, 0.1) is 25.2 Å². The third-order valence-electron chi connectivity index (χ3n) is 4.07. The minimum Gasteiger partial charge on any atom is -0.497 e. The van der Waals surface area contributed by atoms with Crippen LogP contribution in [0.4, 0.5) is 0 Å². The number of morpholine rings is 1. The van der Waals surface area contributed by atoms with Crippen molar-refractivity contribution in [1.29, 1.82) is 0 Å². The van der Waals surface area contributed by atoms with E-state index in [1.165, 1.54) is 11.4 Å². The standard InChI is InChI=1S/C14H20N2O4S/c1-19-13-3-2-4-14(9-13)21(17,18)16-10-12(11-16)15-5-7-20-8-6-15/h2-4,9,12H,5-8,10-11H2,1H3. The predicted octanol–water partition coefficient (Wildman–Crippen LogP) is 0.400. The van der Waals surface area contributed by atoms with Crippen molar-refractivity contribution in [1.82, 2.24) is 9.21 Å². The molecule has 0 unspecified atom stereocenters. The average molecular weight is 312 g/mol. The van der Waals surface area contributed by atoms with Crippen molar-refractivity contribution in [3.8, 4) is 5.75 Å². The summed E-state index contributed by atoms with van der Waals surface area (Å²) in [6.07, 6.45) is 0. The molecule has 2 aliphatic rings. The summed E-state index contributed by atoms with van der Waals surface area (Å²) in [5.41, 5.74) is 0. The Morgan fingerprint density at radius 3 is 2.62 bits per heavy atom. The number of rotatable bonds is 4. The molecular weight excluding hydrogens is 292 g/mol. The molecule has 0 radical (unpaired) electrons. The van der Waals surface area contributed by atoms with Crippen LogP contribution in [0.1, 0.15) is 0 Å². The molecule has 2 fully saturated rings. The van der Waals surface area contributed by atoms with Crippen LogP contribution in [0.5, 0.6) is 5.75 Å². The molecule has 0 atom stereocenters. The zero-order valence-electron chi connectivity index (χ0n) is 12.1. The molecule has 0 spiro atoms. The van der Waals surface area contributed by atoms with Crippen molar-refractivity contribution in [2.75, 3.05) is 46.5 Å². The van der Waals surface area contributed by atoms with Gasteiger partial charge in [-0.15, -0.1) is 0 Å². The Labute approximate surface area is 125 Å². The maximum absolute atomic E-state index is 12.5. The van der Waals surface area contributed by atoms with E-state index in [1.54, 1.807) is 24.3 Å². The largest absolute Gasteiger partial charge is 0.497 e. The monoisotopic (exact) mass is 312 g/mol. The first kappa shape index (κ1) is 14.8. The molecule has 0 aromatic heterocycles. The van der Waals surface area contributed by atoms with Gasteiger partial charge in [-0.05, 0) is 12.1 Å². The van der Waals surface area contributed by atoms with Gasteiger partial charge >= 0.3 is 0 Å². The highest BCUT2D eigenvalue weighted by atomic mass is 32.2. The highest BCUT2D eigenvalue weighted by Crippen LogP contribution is 2.26. The average Bonchev–Trinajstić information content (AvgIpc) is 2.46. The van der Waals surface area contributed by atoms with E-state index in [0.717, 1.165) is 26.3 Å². The van der Waals surface area contributed by atoms with E-state index in [4.69, 9.17) is 9.47 Å². The van der Waals surface area contributed by atoms with Gasteiger partial charge in [0.2, 0.25) is 10.0 Å². The van der Waals surface area contributed by atoms with Crippen LogP contribution in [0.15, 0.2) is 29.2 Å². The molecule has 1 aromatic carbocycles. The van der Waals surface area contributed by atoms with E-state index in [0.29, 0.717) is 29.8 Å². The summed E-state index contributed by atoms with van der Waals surface area (Å²) >= 11 is 0. The Morgan fingerprint density at radius 2 is 1.95 bits per heavy atom. The molecule has 1 aromatic rings. The quantitative estimate of drug-likeness (QED) is 0.805. The molecule has 0 amide bonds. The number of sulfonamides is 1. The van der Waals surface area contributed by atoms with Crippen LogP contribution in [0, 0.1) is 0 Å². The zero-order chi connectivity index (χ0) is 14.9. The lowest BCUT2D eigenvalue weighted by atomic mass is 10.1. The van der Waals surface area contributed by atoms with E-state index in [1.807, 2.05) is 0 Å². The second-order valence-corrected chi connectivity index (χ2v) is 7.24. The number of methoxy groups -OCH3 is 1. The number of hydrogen-bond donors (Lipinski definition) is 0. The summed E-state index contributed by atoms with van der Waals surface area (Å²) in [7, 11) is -1.88. The van der Waals surface area contributed by atoms with E-state index in [9.17, 15) is 8.42 Å². The highest BCUT2D eigenvalue weighted by Gasteiger charge is 2.39. The first-order valence-corrected chi connectivity index (χ1v) is 8.51. The summed E-state index contributed by atoms with van der Waals surface area (Å²) < 4.78 is 37.0. The number of nitrogens with zero attached hydrogens (tertiary/aromatic N) is 2. The van der Waals surface area contributed by atoms with Gasteiger partial charge in [0.25, 0.3) is 0 Å². The van der Waals surface area contributed by atoms with E-state index >= 15 is 0 Å². The van der Waals surface area contributed by atoms with Crippen LogP contribution < -0.4 is 4.74 Å². The van der Waals surface area contributed by atoms with Gasteiger partial charge < -0.3 is 9.47 Å². The molecule has 3 rings (SSSR count). The number of ether oxygens (including phenoxy) is 2. The van der Waals surface area contributed by atoms with Crippen LogP contribution in [-0.2, 0) is 14.8 Å². The molecular formula is C14H20N2O4S. The smallest absolute Gasteiger partial charge is 0.243 e. The molecule has 0 saturated carbocycles. The van der Waals surface area contributed by atoms with Gasteiger partial charge in [-0.1, -0.05) is 6.07 Å². The Balaban J connectivity index is 1.67. The molecule has 0 aliphatic carbocycles. The first-order valence-electron chi connectivity index (χ1n) is 7.07. The van der Waals surface area contributed by atoms with Crippen LogP contribution in [0.2, 0.25) is 0 Å². The molecule has 2 aliphatic heterocycles. The van der Waals surface area contributed by atoms with Crippen LogP contribution >= 0.6 is 0 Å². The maximum Gasteiger partial charge on any atom is 0.243 e. The van der Waals surface area contributed by atoms with E-state index in [-0.39, 0.29) is 0 Å². The Kier molecular flexibility index (Phi) is 4.17. The first-order chi connectivity index (χ1) is 10.1. The second-order valence-electron chi connectivity index (χ2n) is 5.30. The highest BCUT2D eigenvalue weighted by molar-refractivity contribution is 7.89. The third-order valence-corrected chi connectivity index (χ3v) is 5.90. The third kappa shape index (κ3) is 2.91. The lowest BCUT2D eigenvalue weighted by Gasteiger charge is -2.45. The molecule has 21 heavy (non-hydrogen) atoms. The molecule has 0 N–H and O–H groups in total. The van der Waals surface area contributed by atoms with Gasteiger partial charge in [0.15, 0.2) is 0 Å². The minimum absolute atomic E-state index is 0.294. The topological polar surface area (TPSA) is 59.1 Å². The summed E-state index contributed by atoms with van der Waals surface area (Å²) in [6, 6.07) is 6.93. The molecule has 116 valence electrons. The van der Waals surface area contributed by atoms with Gasteiger partial charge in [-0.3, -0.25) is 4.90 Å².